The van der Waals surface area contributed by atoms with E-state index in [4.69, 9.17) is 0 Å². The fraction of sp³-hybridized carbons (Fsp3) is 0.100. The molecule has 30 heavy (non-hydrogen) atoms. The minimum Gasteiger partial charge on any atom is -0.142 e. The van der Waals surface area contributed by atoms with Crippen LogP contribution in [0.15, 0.2) is 60.4 Å². The maximum absolute atomic E-state index is 2.30. The van der Waals surface area contributed by atoms with Crippen LogP contribution in [0.1, 0.15) is 0 Å². The van der Waals surface area contributed by atoms with Crippen LogP contribution in [-0.4, -0.2) is 11.5 Å². The van der Waals surface area contributed by atoms with Crippen molar-refractivity contribution in [2.45, 2.75) is 0 Å². The van der Waals surface area contributed by atoms with Crippen LogP contribution in [0.25, 0.3) is 24.4 Å². The molecule has 0 nitrogen and oxygen atoms in total. The Kier molecular flexibility index (Phi) is 5.60. The zero-order valence-corrected chi connectivity index (χ0v) is 23.1. The Hall–Kier alpha value is 0.900. The van der Waals surface area contributed by atoms with Crippen molar-refractivity contribution in [2.75, 3.05) is 11.5 Å². The molecule has 7 rings (SSSR count). The van der Waals surface area contributed by atoms with E-state index in [-0.39, 0.29) is 0 Å². The first-order chi connectivity index (χ1) is 14.8. The molecule has 6 heterocycles. The third kappa shape index (κ3) is 3.35. The van der Waals surface area contributed by atoms with Crippen molar-refractivity contribution in [3.05, 3.63) is 65.7 Å². The quantitative estimate of drug-likeness (QED) is 0.259. The normalized spacial score (nSPS) is 21.5. The van der Waals surface area contributed by atoms with E-state index in [0.29, 0.717) is 0 Å². The molecule has 0 saturated heterocycles. The third-order valence-corrected chi connectivity index (χ3v) is 18.6. The molecule has 0 spiro atoms. The Morgan fingerprint density at radius 3 is 1.43 bits per heavy atom. The first kappa shape index (κ1) is 20.3. The molecule has 4 aliphatic heterocycles. The number of fused-ring (bicyclic) bond motifs is 3. The van der Waals surface area contributed by atoms with Gasteiger partial charge in [-0.25, -0.2) is 0 Å². The molecule has 0 atom stereocenters. The molecule has 0 saturated carbocycles. The van der Waals surface area contributed by atoms with Gasteiger partial charge in [-0.05, 0) is 10.8 Å². The average molecular weight is 571 g/mol. The van der Waals surface area contributed by atoms with E-state index in [1.165, 1.54) is 66.6 Å². The van der Waals surface area contributed by atoms with Crippen molar-refractivity contribution in [1.29, 1.82) is 0 Å². The lowest BCUT2D eigenvalue weighted by atomic mass is 10.3. The molecule has 0 aliphatic carbocycles. The maximum atomic E-state index is 2.30. The molecular weight excluding hydrogens is 561 g/mol. The van der Waals surface area contributed by atoms with Crippen LogP contribution in [0.5, 0.6) is 0 Å². The van der Waals surface area contributed by atoms with E-state index in [1.807, 2.05) is 117 Å². The van der Waals surface area contributed by atoms with Gasteiger partial charge in [-0.3, -0.25) is 0 Å². The predicted octanol–water partition coefficient (Wildman–Crippen LogP) is 9.76. The van der Waals surface area contributed by atoms with Gasteiger partial charge in [-0.2, -0.15) is 0 Å². The summed E-state index contributed by atoms with van der Waals surface area (Å²) >= 11 is 19.8. The lowest BCUT2D eigenvalue weighted by Gasteiger charge is -2.08. The summed E-state index contributed by atoms with van der Waals surface area (Å²) in [6.45, 7) is 0. The molecule has 10 heteroatoms. The highest BCUT2D eigenvalue weighted by Gasteiger charge is 2.35. The molecule has 0 amide bonds. The minimum absolute atomic E-state index is 1.25. The molecule has 0 unspecified atom stereocenters. The minimum atomic E-state index is 1.25. The SMILES string of the molecule is c1csc2c(c1)c(=C1SC3=C(SC(=C4SC5=C(SCCS5)S4)S3)S1)c1cccsc12. The van der Waals surface area contributed by atoms with Gasteiger partial charge < -0.3 is 0 Å². The lowest BCUT2D eigenvalue weighted by molar-refractivity contribution is 1.56. The number of rotatable bonds is 0. The van der Waals surface area contributed by atoms with Crippen molar-refractivity contribution < 1.29 is 0 Å². The summed E-state index contributed by atoms with van der Waals surface area (Å²) in [6, 6.07) is 8.99. The largest absolute Gasteiger partial charge is 0.142 e. The van der Waals surface area contributed by atoms with Gasteiger partial charge in [0, 0.05) is 27.5 Å². The van der Waals surface area contributed by atoms with Crippen LogP contribution in [-0.2, 0) is 0 Å². The van der Waals surface area contributed by atoms with Crippen LogP contribution in [0, 0.1) is 0 Å². The molecule has 150 valence electrons. The summed E-state index contributed by atoms with van der Waals surface area (Å²) in [7, 11) is 0. The zero-order valence-electron chi connectivity index (χ0n) is 15.0. The van der Waals surface area contributed by atoms with Gasteiger partial charge in [0.05, 0.1) is 39.1 Å². The fourth-order valence-corrected chi connectivity index (χ4v) is 18.1. The first-order valence-corrected chi connectivity index (χ1v) is 17.6. The van der Waals surface area contributed by atoms with E-state index < -0.39 is 0 Å². The van der Waals surface area contributed by atoms with Gasteiger partial charge in [-0.15, -0.1) is 46.2 Å². The molecule has 0 radical (unpaired) electrons. The van der Waals surface area contributed by atoms with Gasteiger partial charge in [-0.1, -0.05) is 94.8 Å². The smallest absolute Gasteiger partial charge is 0.0718 e. The van der Waals surface area contributed by atoms with Gasteiger partial charge in [0.25, 0.3) is 0 Å². The van der Waals surface area contributed by atoms with Crippen molar-refractivity contribution in [3.63, 3.8) is 0 Å². The molecule has 1 aromatic carbocycles. The molecular formula is C20H10S10. The molecule has 0 bridgehead atoms. The van der Waals surface area contributed by atoms with Crippen LogP contribution in [0.3, 0.4) is 0 Å². The third-order valence-electron chi connectivity index (χ3n) is 4.66. The molecule has 4 aliphatic rings. The van der Waals surface area contributed by atoms with E-state index in [2.05, 4.69) is 35.0 Å². The van der Waals surface area contributed by atoms with E-state index >= 15 is 0 Å². The molecule has 2 aromatic heterocycles. The van der Waals surface area contributed by atoms with Crippen molar-refractivity contribution in [1.82, 2.24) is 0 Å². The zero-order chi connectivity index (χ0) is 19.7. The van der Waals surface area contributed by atoms with Crippen LogP contribution < -0.4 is 5.22 Å². The topological polar surface area (TPSA) is 0 Å². The summed E-state index contributed by atoms with van der Waals surface area (Å²) in [6.07, 6.45) is 0. The maximum Gasteiger partial charge on any atom is 0.0718 e. The summed E-state index contributed by atoms with van der Waals surface area (Å²) in [5.41, 5.74) is 0. The summed E-state index contributed by atoms with van der Waals surface area (Å²) < 4.78 is 13.4. The van der Waals surface area contributed by atoms with Crippen molar-refractivity contribution >= 4 is 141 Å². The first-order valence-electron chi connectivity index (χ1n) is 8.98. The highest BCUT2D eigenvalue weighted by Crippen LogP contribution is 2.71. The van der Waals surface area contributed by atoms with Crippen molar-refractivity contribution in [3.8, 4) is 0 Å². The van der Waals surface area contributed by atoms with Crippen LogP contribution >= 0.6 is 117 Å². The molecule has 3 aromatic rings. The Morgan fingerprint density at radius 2 is 0.933 bits per heavy atom. The van der Waals surface area contributed by atoms with Crippen LogP contribution in [0.2, 0.25) is 0 Å². The Bertz CT molecular complexity index is 1300. The van der Waals surface area contributed by atoms with E-state index in [9.17, 15) is 0 Å². The standard InChI is InChI=1S/C20H10S10/c1-3-9-11(10-4-2-6-22-13(10)12(9)21-5-1)14-25-17-18(26-14)30-20(29-17)19-27-15-16(28-19)24-8-7-23-15/h1-6H,7-8H2. The molecule has 0 fully saturated rings. The average Bonchev–Trinajstić information content (AvgIpc) is 3.52. The highest BCUT2D eigenvalue weighted by atomic mass is 32.3. The van der Waals surface area contributed by atoms with Gasteiger partial charge >= 0.3 is 0 Å². The second kappa shape index (κ2) is 8.29. The summed E-state index contributed by atoms with van der Waals surface area (Å²) in [4.78, 5) is 0. The Morgan fingerprint density at radius 1 is 0.500 bits per heavy atom. The molecule has 0 N–H and O–H groups in total. The van der Waals surface area contributed by atoms with Gasteiger partial charge in [0.15, 0.2) is 0 Å². The lowest BCUT2D eigenvalue weighted by Crippen LogP contribution is -1.99. The summed E-state index contributed by atoms with van der Waals surface area (Å²) in [5.74, 6) is 2.50. The van der Waals surface area contributed by atoms with E-state index in [0.717, 1.165) is 0 Å². The van der Waals surface area contributed by atoms with Gasteiger partial charge in [0.1, 0.15) is 0 Å². The summed E-state index contributed by atoms with van der Waals surface area (Å²) in [5, 5.41) is 8.68. The number of hydrogen-bond donors (Lipinski definition) is 0. The van der Waals surface area contributed by atoms with Gasteiger partial charge in [0.2, 0.25) is 0 Å². The second-order valence-corrected chi connectivity index (χ2v) is 18.4. The highest BCUT2D eigenvalue weighted by molar-refractivity contribution is 8.52. The Balaban J connectivity index is 1.25. The number of hydrogen-bond acceptors (Lipinski definition) is 10. The van der Waals surface area contributed by atoms with E-state index in [1.54, 1.807) is 0 Å². The fourth-order valence-electron chi connectivity index (χ4n) is 3.45. The predicted molar refractivity (Wildman–Crippen MR) is 156 cm³/mol. The van der Waals surface area contributed by atoms with Crippen LogP contribution in [0.4, 0.5) is 0 Å². The second-order valence-electron chi connectivity index (χ2n) is 6.41. The number of thioether (sulfide) groups is 8. The monoisotopic (exact) mass is 570 g/mol. The van der Waals surface area contributed by atoms with Crippen molar-refractivity contribution in [2.24, 2.45) is 0 Å². The Labute approximate surface area is 216 Å².